The molecule has 0 bridgehead atoms. The van der Waals surface area contributed by atoms with E-state index in [0.29, 0.717) is 5.01 Å². The van der Waals surface area contributed by atoms with E-state index in [2.05, 4.69) is 4.98 Å². The minimum absolute atomic E-state index is 0.0107. The summed E-state index contributed by atoms with van der Waals surface area (Å²) in [6.45, 7) is 1.49. The van der Waals surface area contributed by atoms with Crippen LogP contribution in [-0.4, -0.2) is 10.1 Å². The quantitative estimate of drug-likeness (QED) is 0.588. The number of nitriles is 1. The molecule has 0 unspecified atom stereocenters. The summed E-state index contributed by atoms with van der Waals surface area (Å²) < 4.78 is 1.02. The Morgan fingerprint density at radius 3 is 2.80 bits per heavy atom. The van der Waals surface area contributed by atoms with Gasteiger partial charge in [-0.1, -0.05) is 12.1 Å². The number of allylic oxidation sites excluding steroid dienone is 2. The second kappa shape index (κ2) is 3.71. The molecule has 3 nitrogen and oxygen atoms in total. The first-order valence-corrected chi connectivity index (χ1v) is 5.20. The second-order valence-corrected chi connectivity index (χ2v) is 4.09. The molecule has 0 spiro atoms. The molecule has 1 N–H and O–H groups in total. The van der Waals surface area contributed by atoms with Gasteiger partial charge < -0.3 is 5.11 Å². The molecule has 0 aliphatic rings. The molecule has 0 atom stereocenters. The smallest absolute Gasteiger partial charge is 0.138 e. The Hall–Kier alpha value is -1.86. The molecular weight excluding hydrogens is 208 g/mol. The average Bonchev–Trinajstić information content (AvgIpc) is 2.61. The van der Waals surface area contributed by atoms with E-state index in [1.807, 2.05) is 30.3 Å². The maximum atomic E-state index is 9.31. The molecule has 2 aromatic rings. The molecule has 1 aromatic carbocycles. The molecule has 74 valence electrons. The number of hydrogen-bond acceptors (Lipinski definition) is 4. The van der Waals surface area contributed by atoms with Gasteiger partial charge in [0.05, 0.1) is 10.2 Å². The van der Waals surface area contributed by atoms with Gasteiger partial charge >= 0.3 is 0 Å². The maximum absolute atomic E-state index is 9.31. The van der Waals surface area contributed by atoms with Gasteiger partial charge in [-0.15, -0.1) is 11.3 Å². The van der Waals surface area contributed by atoms with E-state index in [4.69, 9.17) is 5.26 Å². The Morgan fingerprint density at radius 1 is 1.47 bits per heavy atom. The molecule has 15 heavy (non-hydrogen) atoms. The topological polar surface area (TPSA) is 56.9 Å². The van der Waals surface area contributed by atoms with Crippen molar-refractivity contribution in [2.24, 2.45) is 0 Å². The van der Waals surface area contributed by atoms with Crippen LogP contribution in [0.5, 0.6) is 0 Å². The Morgan fingerprint density at radius 2 is 2.20 bits per heavy atom. The van der Waals surface area contributed by atoms with Crippen molar-refractivity contribution < 1.29 is 5.11 Å². The average molecular weight is 216 g/mol. The van der Waals surface area contributed by atoms with Crippen LogP contribution in [0.15, 0.2) is 30.0 Å². The third-order valence-electron chi connectivity index (χ3n) is 1.98. The number of aromatic nitrogens is 1. The zero-order chi connectivity index (χ0) is 10.8. The van der Waals surface area contributed by atoms with Crippen molar-refractivity contribution in [3.63, 3.8) is 0 Å². The predicted molar refractivity (Wildman–Crippen MR) is 60.5 cm³/mol. The number of fused-ring (bicyclic) bond motifs is 1. The summed E-state index contributed by atoms with van der Waals surface area (Å²) in [6, 6.07) is 9.60. The first-order valence-electron chi connectivity index (χ1n) is 4.38. The Balaban J connectivity index is 2.65. The van der Waals surface area contributed by atoms with Crippen molar-refractivity contribution in [2.75, 3.05) is 0 Å². The summed E-state index contributed by atoms with van der Waals surface area (Å²) in [4.78, 5) is 4.28. The lowest BCUT2D eigenvalue weighted by molar-refractivity contribution is 0.418. The molecule has 1 heterocycles. The summed E-state index contributed by atoms with van der Waals surface area (Å²) in [5, 5.41) is 18.8. The lowest BCUT2D eigenvalue weighted by Crippen LogP contribution is -1.84. The van der Waals surface area contributed by atoms with E-state index in [9.17, 15) is 5.11 Å². The number of aliphatic hydroxyl groups is 1. The summed E-state index contributed by atoms with van der Waals surface area (Å²) >= 11 is 1.41. The molecule has 0 fully saturated rings. The number of rotatable bonds is 1. The minimum atomic E-state index is 0.0107. The lowest BCUT2D eigenvalue weighted by Gasteiger charge is -1.92. The van der Waals surface area contributed by atoms with E-state index in [1.165, 1.54) is 18.3 Å². The van der Waals surface area contributed by atoms with Crippen molar-refractivity contribution in [3.05, 3.63) is 35.0 Å². The highest BCUT2D eigenvalue weighted by Crippen LogP contribution is 2.27. The molecule has 0 amide bonds. The van der Waals surface area contributed by atoms with Gasteiger partial charge in [0, 0.05) is 0 Å². The fraction of sp³-hybridized carbons (Fsp3) is 0.0909. The Labute approximate surface area is 90.9 Å². The van der Waals surface area contributed by atoms with Crippen molar-refractivity contribution in [2.45, 2.75) is 6.92 Å². The van der Waals surface area contributed by atoms with Gasteiger partial charge in [-0.05, 0) is 19.1 Å². The van der Waals surface area contributed by atoms with Gasteiger partial charge in [0.1, 0.15) is 22.4 Å². The highest BCUT2D eigenvalue weighted by molar-refractivity contribution is 7.19. The summed E-state index contributed by atoms with van der Waals surface area (Å²) in [5.74, 6) is 0.0107. The van der Waals surface area contributed by atoms with Crippen LogP contribution in [0.3, 0.4) is 0 Å². The molecule has 1 aromatic heterocycles. The van der Waals surface area contributed by atoms with E-state index in [-0.39, 0.29) is 11.3 Å². The third kappa shape index (κ3) is 1.69. The minimum Gasteiger partial charge on any atom is -0.511 e. The van der Waals surface area contributed by atoms with Crippen LogP contribution in [-0.2, 0) is 0 Å². The van der Waals surface area contributed by atoms with Gasteiger partial charge in [0.25, 0.3) is 0 Å². The largest absolute Gasteiger partial charge is 0.511 e. The van der Waals surface area contributed by atoms with Crippen LogP contribution in [0.2, 0.25) is 0 Å². The van der Waals surface area contributed by atoms with Gasteiger partial charge in [-0.25, -0.2) is 4.98 Å². The lowest BCUT2D eigenvalue weighted by atomic mass is 10.3. The van der Waals surface area contributed by atoms with Crippen molar-refractivity contribution in [1.82, 2.24) is 4.98 Å². The predicted octanol–water partition coefficient (Wildman–Crippen LogP) is 3.11. The van der Waals surface area contributed by atoms with Crippen LogP contribution in [0, 0.1) is 11.3 Å². The van der Waals surface area contributed by atoms with E-state index >= 15 is 0 Å². The number of para-hydroxylation sites is 1. The van der Waals surface area contributed by atoms with Gasteiger partial charge in [0.15, 0.2) is 0 Å². The van der Waals surface area contributed by atoms with Gasteiger partial charge in [-0.3, -0.25) is 0 Å². The highest BCUT2D eigenvalue weighted by atomic mass is 32.1. The molecule has 0 radical (unpaired) electrons. The number of hydrogen-bond donors (Lipinski definition) is 1. The zero-order valence-corrected chi connectivity index (χ0v) is 8.88. The molecule has 4 heteroatoms. The van der Waals surface area contributed by atoms with Crippen LogP contribution < -0.4 is 0 Å². The number of benzene rings is 1. The first-order chi connectivity index (χ1) is 7.22. The number of thiazole rings is 1. The van der Waals surface area contributed by atoms with E-state index in [0.717, 1.165) is 10.2 Å². The molecule has 0 saturated heterocycles. The van der Waals surface area contributed by atoms with Crippen molar-refractivity contribution >= 4 is 27.1 Å². The highest BCUT2D eigenvalue weighted by Gasteiger charge is 2.10. The second-order valence-electron chi connectivity index (χ2n) is 3.06. The monoisotopic (exact) mass is 216 g/mol. The summed E-state index contributed by atoms with van der Waals surface area (Å²) in [6.07, 6.45) is 0. The van der Waals surface area contributed by atoms with E-state index < -0.39 is 0 Å². The first kappa shape index (κ1) is 9.69. The summed E-state index contributed by atoms with van der Waals surface area (Å²) in [5.41, 5.74) is 1.10. The van der Waals surface area contributed by atoms with Crippen LogP contribution >= 0.6 is 11.3 Å². The zero-order valence-electron chi connectivity index (χ0n) is 8.06. The molecule has 0 aliphatic heterocycles. The van der Waals surface area contributed by atoms with Crippen LogP contribution in [0.1, 0.15) is 11.9 Å². The fourth-order valence-corrected chi connectivity index (χ4v) is 2.28. The summed E-state index contributed by atoms with van der Waals surface area (Å²) in [7, 11) is 0. The van der Waals surface area contributed by atoms with Gasteiger partial charge in [-0.2, -0.15) is 5.26 Å². The third-order valence-corrected chi connectivity index (χ3v) is 3.04. The molecule has 2 rings (SSSR count). The standard InChI is InChI=1S/C11H8N2OS/c1-7(14)8(6-12)11-13-9-4-2-3-5-10(9)15-11/h2-5,14H,1H3. The maximum Gasteiger partial charge on any atom is 0.138 e. The van der Waals surface area contributed by atoms with Gasteiger partial charge in [0.2, 0.25) is 0 Å². The van der Waals surface area contributed by atoms with E-state index in [1.54, 1.807) is 0 Å². The normalized spacial score (nSPS) is 12.3. The van der Waals surface area contributed by atoms with Crippen LogP contribution in [0.4, 0.5) is 0 Å². The SMILES string of the molecule is CC(O)=C(C#N)c1nc2ccccc2s1. The Kier molecular flexibility index (Phi) is 2.40. The molecule has 0 aliphatic carbocycles. The number of aliphatic hydroxyl groups excluding tert-OH is 1. The van der Waals surface area contributed by atoms with Crippen molar-refractivity contribution in [3.8, 4) is 6.07 Å². The fourth-order valence-electron chi connectivity index (χ4n) is 1.26. The molecule has 0 saturated carbocycles. The Bertz CT molecular complexity index is 541. The van der Waals surface area contributed by atoms with Crippen molar-refractivity contribution in [1.29, 1.82) is 5.26 Å². The van der Waals surface area contributed by atoms with Crippen LogP contribution in [0.25, 0.3) is 15.8 Å². The number of nitrogens with zero attached hydrogens (tertiary/aromatic N) is 2. The molecular formula is C11H8N2OS.